The molecule has 0 aliphatic rings. The van der Waals surface area contributed by atoms with Crippen molar-refractivity contribution < 1.29 is 14.3 Å². The number of rotatable bonds is 7. The Morgan fingerprint density at radius 3 is 2.39 bits per heavy atom. The Hall–Kier alpha value is -2.98. The first-order valence-corrected chi connectivity index (χ1v) is 9.45. The quantitative estimate of drug-likeness (QED) is 0.543. The summed E-state index contributed by atoms with van der Waals surface area (Å²) in [5.74, 6) is 0.609. The maximum atomic E-state index is 12.7. The first kappa shape index (κ1) is 19.8. The number of hydrogen-bond donors (Lipinski definition) is 1. The number of benzene rings is 3. The molecular weight excluding hydrogens is 374 g/mol. The van der Waals surface area contributed by atoms with Gasteiger partial charge in [-0.1, -0.05) is 59.6 Å². The molecule has 0 bridgehead atoms. The average molecular weight is 396 g/mol. The number of nitrogens with one attached hydrogen (secondary N) is 1. The highest BCUT2D eigenvalue weighted by Gasteiger charge is 2.17. The van der Waals surface area contributed by atoms with Crippen LogP contribution in [0.25, 0.3) is 0 Å². The zero-order valence-electron chi connectivity index (χ0n) is 15.9. The van der Waals surface area contributed by atoms with Crippen LogP contribution in [-0.4, -0.2) is 12.5 Å². The fourth-order valence-corrected chi connectivity index (χ4v) is 2.93. The van der Waals surface area contributed by atoms with Crippen LogP contribution in [0, 0.1) is 6.92 Å². The van der Waals surface area contributed by atoms with Gasteiger partial charge in [-0.05, 0) is 43.7 Å². The highest BCUT2D eigenvalue weighted by molar-refractivity contribution is 6.32. The zero-order valence-corrected chi connectivity index (χ0v) is 16.6. The van der Waals surface area contributed by atoms with Gasteiger partial charge in [0.15, 0.2) is 11.5 Å². The number of hydrogen-bond acceptors (Lipinski definition) is 3. The largest absolute Gasteiger partial charge is 0.488 e. The van der Waals surface area contributed by atoms with Gasteiger partial charge in [-0.25, -0.2) is 0 Å². The molecule has 0 radical (unpaired) electrons. The fraction of sp³-hybridized carbons (Fsp3) is 0.174. The predicted octanol–water partition coefficient (Wildman–Crippen LogP) is 5.88. The third-order valence-electron chi connectivity index (χ3n) is 4.11. The minimum absolute atomic E-state index is 0.265. The van der Waals surface area contributed by atoms with Crippen molar-refractivity contribution in [1.82, 2.24) is 0 Å². The monoisotopic (exact) mass is 395 g/mol. The Balaban J connectivity index is 1.83. The molecule has 3 aromatic rings. The molecular formula is C23H22ClNO3. The van der Waals surface area contributed by atoms with E-state index >= 15 is 0 Å². The van der Waals surface area contributed by atoms with Crippen molar-refractivity contribution in [3.05, 3.63) is 88.4 Å². The van der Waals surface area contributed by atoms with Gasteiger partial charge in [-0.3, -0.25) is 4.79 Å². The Bertz CT molecular complexity index is 940. The molecule has 28 heavy (non-hydrogen) atoms. The van der Waals surface area contributed by atoms with Gasteiger partial charge in [0.2, 0.25) is 0 Å². The topological polar surface area (TPSA) is 47.6 Å². The lowest BCUT2D eigenvalue weighted by molar-refractivity contribution is 0.102. The van der Waals surface area contributed by atoms with Gasteiger partial charge in [-0.2, -0.15) is 0 Å². The molecule has 0 unspecified atom stereocenters. The first-order chi connectivity index (χ1) is 13.6. The minimum Gasteiger partial charge on any atom is -0.488 e. The van der Waals surface area contributed by atoms with Crippen LogP contribution in [0.1, 0.15) is 28.4 Å². The van der Waals surface area contributed by atoms with Crippen LogP contribution < -0.4 is 14.8 Å². The molecule has 0 saturated heterocycles. The zero-order chi connectivity index (χ0) is 19.9. The second kappa shape index (κ2) is 9.29. The maximum absolute atomic E-state index is 12.7. The van der Waals surface area contributed by atoms with Crippen molar-refractivity contribution in [3.8, 4) is 11.5 Å². The third-order valence-corrected chi connectivity index (χ3v) is 4.39. The molecule has 5 heteroatoms. The van der Waals surface area contributed by atoms with Crippen molar-refractivity contribution in [1.29, 1.82) is 0 Å². The summed E-state index contributed by atoms with van der Waals surface area (Å²) in [5, 5.41) is 3.21. The summed E-state index contributed by atoms with van der Waals surface area (Å²) in [6.07, 6.45) is 0. The summed E-state index contributed by atoms with van der Waals surface area (Å²) in [7, 11) is 0. The number of ether oxygens (including phenoxy) is 2. The van der Waals surface area contributed by atoms with Crippen molar-refractivity contribution in [2.75, 3.05) is 11.9 Å². The SMILES string of the molecule is CCOc1c(Cl)cc(C(=O)Nc2ccc(C)cc2)cc1OCc1ccccc1. The molecule has 0 heterocycles. The van der Waals surface area contributed by atoms with Crippen molar-refractivity contribution >= 4 is 23.2 Å². The Kier molecular flexibility index (Phi) is 6.56. The molecule has 0 aliphatic carbocycles. The van der Waals surface area contributed by atoms with E-state index in [2.05, 4.69) is 5.32 Å². The van der Waals surface area contributed by atoms with Crippen LogP contribution in [-0.2, 0) is 6.61 Å². The molecule has 144 valence electrons. The smallest absolute Gasteiger partial charge is 0.255 e. The summed E-state index contributed by atoms with van der Waals surface area (Å²) in [6, 6.07) is 20.6. The standard InChI is InChI=1S/C23H22ClNO3/c1-3-27-22-20(24)13-18(23(26)25-19-11-9-16(2)10-12-19)14-21(22)28-15-17-7-5-4-6-8-17/h4-14H,3,15H2,1-2H3,(H,25,26). The van der Waals surface area contributed by atoms with E-state index in [9.17, 15) is 4.79 Å². The number of aryl methyl sites for hydroxylation is 1. The lowest BCUT2D eigenvalue weighted by atomic mass is 10.1. The summed E-state index contributed by atoms with van der Waals surface area (Å²) >= 11 is 6.38. The molecule has 3 aromatic carbocycles. The number of carbonyl (C=O) groups excluding carboxylic acids is 1. The second-order valence-electron chi connectivity index (χ2n) is 6.31. The Morgan fingerprint density at radius 1 is 1.00 bits per heavy atom. The van der Waals surface area contributed by atoms with E-state index in [0.29, 0.717) is 41.0 Å². The van der Waals surface area contributed by atoms with E-state index in [-0.39, 0.29) is 5.91 Å². The molecule has 0 spiro atoms. The van der Waals surface area contributed by atoms with Crippen LogP contribution in [0.15, 0.2) is 66.7 Å². The summed E-state index contributed by atoms with van der Waals surface area (Å²) in [6.45, 7) is 4.65. The van der Waals surface area contributed by atoms with Crippen LogP contribution in [0.3, 0.4) is 0 Å². The number of halogens is 1. The van der Waals surface area contributed by atoms with Gasteiger partial charge >= 0.3 is 0 Å². The predicted molar refractivity (Wildman–Crippen MR) is 113 cm³/mol. The molecule has 0 saturated carbocycles. The molecule has 0 fully saturated rings. The van der Waals surface area contributed by atoms with Gasteiger partial charge in [-0.15, -0.1) is 0 Å². The van der Waals surface area contributed by atoms with Gasteiger partial charge in [0.05, 0.1) is 11.6 Å². The average Bonchev–Trinajstić information content (AvgIpc) is 2.70. The molecule has 0 aliphatic heterocycles. The summed E-state index contributed by atoms with van der Waals surface area (Å²) in [5.41, 5.74) is 3.25. The molecule has 0 aromatic heterocycles. The molecule has 1 amide bonds. The van der Waals surface area contributed by atoms with E-state index in [0.717, 1.165) is 11.1 Å². The van der Waals surface area contributed by atoms with E-state index in [4.69, 9.17) is 21.1 Å². The van der Waals surface area contributed by atoms with Gasteiger partial charge in [0.1, 0.15) is 6.61 Å². The van der Waals surface area contributed by atoms with Gasteiger partial charge < -0.3 is 14.8 Å². The van der Waals surface area contributed by atoms with E-state index < -0.39 is 0 Å². The summed E-state index contributed by atoms with van der Waals surface area (Å²) < 4.78 is 11.6. The second-order valence-corrected chi connectivity index (χ2v) is 6.72. The van der Waals surface area contributed by atoms with Crippen molar-refractivity contribution in [3.63, 3.8) is 0 Å². The summed E-state index contributed by atoms with van der Waals surface area (Å²) in [4.78, 5) is 12.7. The van der Waals surface area contributed by atoms with E-state index in [1.54, 1.807) is 12.1 Å². The Morgan fingerprint density at radius 2 is 1.71 bits per heavy atom. The molecule has 0 atom stereocenters. The first-order valence-electron chi connectivity index (χ1n) is 9.08. The molecule has 4 nitrogen and oxygen atoms in total. The van der Waals surface area contributed by atoms with Crippen molar-refractivity contribution in [2.45, 2.75) is 20.5 Å². The minimum atomic E-state index is -0.265. The van der Waals surface area contributed by atoms with Crippen molar-refractivity contribution in [2.24, 2.45) is 0 Å². The van der Waals surface area contributed by atoms with Crippen LogP contribution in [0.4, 0.5) is 5.69 Å². The fourth-order valence-electron chi connectivity index (χ4n) is 2.67. The normalized spacial score (nSPS) is 10.4. The molecule has 1 N–H and O–H groups in total. The van der Waals surface area contributed by atoms with E-state index in [1.165, 1.54) is 0 Å². The van der Waals surface area contributed by atoms with Crippen LogP contribution in [0.2, 0.25) is 5.02 Å². The van der Waals surface area contributed by atoms with Crippen LogP contribution >= 0.6 is 11.6 Å². The lowest BCUT2D eigenvalue weighted by Crippen LogP contribution is -2.12. The number of amides is 1. The van der Waals surface area contributed by atoms with Gasteiger partial charge in [0.25, 0.3) is 5.91 Å². The lowest BCUT2D eigenvalue weighted by Gasteiger charge is -2.15. The maximum Gasteiger partial charge on any atom is 0.255 e. The Labute approximate surface area is 170 Å². The third kappa shape index (κ3) is 5.05. The highest BCUT2D eigenvalue weighted by atomic mass is 35.5. The van der Waals surface area contributed by atoms with Crippen LogP contribution in [0.5, 0.6) is 11.5 Å². The van der Waals surface area contributed by atoms with Gasteiger partial charge in [0, 0.05) is 11.3 Å². The number of anilines is 1. The highest BCUT2D eigenvalue weighted by Crippen LogP contribution is 2.37. The molecule has 3 rings (SSSR count). The van der Waals surface area contributed by atoms with E-state index in [1.807, 2.05) is 68.4 Å². The number of carbonyl (C=O) groups is 1.